The molecule has 94 valence electrons. The molecule has 0 atom stereocenters. The molecule has 0 unspecified atom stereocenters. The van der Waals surface area contributed by atoms with Crippen molar-refractivity contribution in [3.8, 4) is 5.75 Å². The standard InChI is InChI=1S/C13H13BrN2O2/c1-9-5-12(18-2)6-11(15-9)8-16-7-10(14)3-4-13(16)17/h3-7H,8H2,1-2H3. The highest BCUT2D eigenvalue weighted by Crippen LogP contribution is 2.14. The molecule has 18 heavy (non-hydrogen) atoms. The molecule has 0 saturated carbocycles. The van der Waals surface area contributed by atoms with Gasteiger partial charge in [0.25, 0.3) is 5.56 Å². The van der Waals surface area contributed by atoms with Crippen LogP contribution in [0.3, 0.4) is 0 Å². The van der Waals surface area contributed by atoms with Crippen molar-refractivity contribution in [2.45, 2.75) is 13.5 Å². The molecule has 5 heteroatoms. The molecule has 2 aromatic heterocycles. The number of ether oxygens (including phenoxy) is 1. The molecular formula is C13H13BrN2O2. The lowest BCUT2D eigenvalue weighted by molar-refractivity contribution is 0.412. The van der Waals surface area contributed by atoms with Gasteiger partial charge < -0.3 is 9.30 Å². The van der Waals surface area contributed by atoms with Crippen molar-refractivity contribution in [2.24, 2.45) is 0 Å². The third-order valence-corrected chi connectivity index (χ3v) is 2.96. The highest BCUT2D eigenvalue weighted by Gasteiger charge is 2.03. The molecule has 2 rings (SSSR count). The van der Waals surface area contributed by atoms with Gasteiger partial charge in [-0.25, -0.2) is 0 Å². The molecule has 0 aliphatic carbocycles. The number of pyridine rings is 2. The summed E-state index contributed by atoms with van der Waals surface area (Å²) >= 11 is 3.35. The molecule has 0 aliphatic heterocycles. The first kappa shape index (κ1) is 12.8. The first-order valence-corrected chi connectivity index (χ1v) is 6.25. The summed E-state index contributed by atoms with van der Waals surface area (Å²) < 4.78 is 7.66. The van der Waals surface area contributed by atoms with Crippen LogP contribution >= 0.6 is 15.9 Å². The third-order valence-electron chi connectivity index (χ3n) is 2.50. The van der Waals surface area contributed by atoms with E-state index in [1.807, 2.05) is 19.1 Å². The van der Waals surface area contributed by atoms with Crippen molar-refractivity contribution < 1.29 is 4.74 Å². The Morgan fingerprint density at radius 2 is 2.17 bits per heavy atom. The summed E-state index contributed by atoms with van der Waals surface area (Å²) in [7, 11) is 1.61. The lowest BCUT2D eigenvalue weighted by atomic mass is 10.3. The lowest BCUT2D eigenvalue weighted by Crippen LogP contribution is -2.19. The maximum Gasteiger partial charge on any atom is 0.250 e. The molecule has 2 aromatic rings. The van der Waals surface area contributed by atoms with Gasteiger partial charge in [-0.05, 0) is 28.9 Å². The van der Waals surface area contributed by atoms with Crippen LogP contribution in [0.2, 0.25) is 0 Å². The van der Waals surface area contributed by atoms with Crippen molar-refractivity contribution in [3.63, 3.8) is 0 Å². The van der Waals surface area contributed by atoms with Gasteiger partial charge in [0.2, 0.25) is 0 Å². The molecule has 0 radical (unpaired) electrons. The number of hydrogen-bond acceptors (Lipinski definition) is 3. The molecule has 0 spiro atoms. The normalized spacial score (nSPS) is 10.4. The van der Waals surface area contributed by atoms with Gasteiger partial charge in [0.15, 0.2) is 0 Å². The molecule has 0 bridgehead atoms. The molecule has 0 aliphatic rings. The molecule has 0 saturated heterocycles. The van der Waals surface area contributed by atoms with Crippen molar-refractivity contribution in [1.29, 1.82) is 0 Å². The fourth-order valence-electron chi connectivity index (χ4n) is 1.70. The minimum atomic E-state index is -0.0551. The zero-order chi connectivity index (χ0) is 13.1. The number of methoxy groups -OCH3 is 1. The van der Waals surface area contributed by atoms with Crippen molar-refractivity contribution in [1.82, 2.24) is 9.55 Å². The second kappa shape index (κ2) is 5.35. The van der Waals surface area contributed by atoms with Gasteiger partial charge in [0, 0.05) is 34.6 Å². The van der Waals surface area contributed by atoms with Crippen molar-refractivity contribution in [3.05, 3.63) is 56.7 Å². The highest BCUT2D eigenvalue weighted by molar-refractivity contribution is 9.10. The maximum absolute atomic E-state index is 11.7. The van der Waals surface area contributed by atoms with Crippen molar-refractivity contribution >= 4 is 15.9 Å². The molecule has 0 fully saturated rings. The lowest BCUT2D eigenvalue weighted by Gasteiger charge is -2.08. The fourth-order valence-corrected chi connectivity index (χ4v) is 2.08. The zero-order valence-electron chi connectivity index (χ0n) is 10.2. The van der Waals surface area contributed by atoms with Crippen LogP contribution in [0.25, 0.3) is 0 Å². The first-order valence-electron chi connectivity index (χ1n) is 5.46. The van der Waals surface area contributed by atoms with E-state index >= 15 is 0 Å². The number of aryl methyl sites for hydroxylation is 1. The van der Waals surface area contributed by atoms with Crippen LogP contribution in [0.5, 0.6) is 5.75 Å². The summed E-state index contributed by atoms with van der Waals surface area (Å²) in [6.07, 6.45) is 1.75. The molecule has 0 N–H and O–H groups in total. The smallest absolute Gasteiger partial charge is 0.250 e. The summed E-state index contributed by atoms with van der Waals surface area (Å²) in [5.41, 5.74) is 1.61. The Bertz CT molecular complexity index is 623. The Balaban J connectivity index is 2.36. The second-order valence-electron chi connectivity index (χ2n) is 3.95. The summed E-state index contributed by atoms with van der Waals surface area (Å²) in [4.78, 5) is 16.1. The maximum atomic E-state index is 11.7. The van der Waals surface area contributed by atoms with Gasteiger partial charge in [0.1, 0.15) is 5.75 Å². The predicted molar refractivity (Wildman–Crippen MR) is 73.0 cm³/mol. The number of aromatic nitrogens is 2. The van der Waals surface area contributed by atoms with Crippen LogP contribution in [0.4, 0.5) is 0 Å². The van der Waals surface area contributed by atoms with Gasteiger partial charge in [-0.1, -0.05) is 0 Å². The molecule has 4 nitrogen and oxygen atoms in total. The first-order chi connectivity index (χ1) is 8.58. The predicted octanol–water partition coefficient (Wildman–Crippen LogP) is 2.37. The van der Waals surface area contributed by atoms with Crippen LogP contribution < -0.4 is 10.3 Å². The van der Waals surface area contributed by atoms with E-state index in [0.717, 1.165) is 21.6 Å². The average Bonchev–Trinajstić information content (AvgIpc) is 2.33. The van der Waals surface area contributed by atoms with E-state index in [0.29, 0.717) is 6.54 Å². The van der Waals surface area contributed by atoms with E-state index in [1.54, 1.807) is 23.9 Å². The van der Waals surface area contributed by atoms with Crippen LogP contribution in [0.15, 0.2) is 39.7 Å². The van der Waals surface area contributed by atoms with E-state index in [9.17, 15) is 4.79 Å². The van der Waals surface area contributed by atoms with Crippen LogP contribution in [0, 0.1) is 6.92 Å². The Morgan fingerprint density at radius 3 is 2.89 bits per heavy atom. The van der Waals surface area contributed by atoms with Gasteiger partial charge in [0.05, 0.1) is 19.3 Å². The molecule has 0 aromatic carbocycles. The minimum Gasteiger partial charge on any atom is -0.497 e. The summed E-state index contributed by atoms with van der Waals surface area (Å²) in [5.74, 6) is 0.751. The molecule has 2 heterocycles. The highest BCUT2D eigenvalue weighted by atomic mass is 79.9. The van der Waals surface area contributed by atoms with Crippen LogP contribution in [-0.4, -0.2) is 16.7 Å². The van der Waals surface area contributed by atoms with Crippen molar-refractivity contribution in [2.75, 3.05) is 7.11 Å². The van der Waals surface area contributed by atoms with E-state index in [1.165, 1.54) is 6.07 Å². The van der Waals surface area contributed by atoms with Gasteiger partial charge in [-0.15, -0.1) is 0 Å². The zero-order valence-corrected chi connectivity index (χ0v) is 11.8. The SMILES string of the molecule is COc1cc(C)nc(Cn2cc(Br)ccc2=O)c1. The van der Waals surface area contributed by atoms with Crippen LogP contribution in [-0.2, 0) is 6.54 Å². The topological polar surface area (TPSA) is 44.1 Å². The second-order valence-corrected chi connectivity index (χ2v) is 4.87. The molecule has 0 amide bonds. The van der Waals surface area contributed by atoms with Crippen LogP contribution in [0.1, 0.15) is 11.4 Å². The van der Waals surface area contributed by atoms with E-state index in [-0.39, 0.29) is 5.56 Å². The number of halogens is 1. The fraction of sp³-hybridized carbons (Fsp3) is 0.231. The van der Waals surface area contributed by atoms with E-state index in [4.69, 9.17) is 4.74 Å². The quantitative estimate of drug-likeness (QED) is 0.874. The summed E-state index contributed by atoms with van der Waals surface area (Å²) in [5, 5.41) is 0. The molecular weight excluding hydrogens is 296 g/mol. The monoisotopic (exact) mass is 308 g/mol. The van der Waals surface area contributed by atoms with E-state index in [2.05, 4.69) is 20.9 Å². The number of hydrogen-bond donors (Lipinski definition) is 0. The van der Waals surface area contributed by atoms with E-state index < -0.39 is 0 Å². The van der Waals surface area contributed by atoms with Gasteiger partial charge >= 0.3 is 0 Å². The Labute approximate surface area is 113 Å². The minimum absolute atomic E-state index is 0.0551. The largest absolute Gasteiger partial charge is 0.497 e. The van der Waals surface area contributed by atoms with Gasteiger partial charge in [-0.2, -0.15) is 0 Å². The Hall–Kier alpha value is -1.62. The number of nitrogens with zero attached hydrogens (tertiary/aromatic N) is 2. The van der Waals surface area contributed by atoms with Gasteiger partial charge in [-0.3, -0.25) is 9.78 Å². The summed E-state index contributed by atoms with van der Waals surface area (Å²) in [6, 6.07) is 6.94. The third kappa shape index (κ3) is 2.98. The Morgan fingerprint density at radius 1 is 1.39 bits per heavy atom. The average molecular weight is 309 g/mol. The number of rotatable bonds is 3. The summed E-state index contributed by atoms with van der Waals surface area (Å²) in [6.45, 7) is 2.33. The Kier molecular flexibility index (Phi) is 3.81.